The van der Waals surface area contributed by atoms with Crippen LogP contribution in [0.15, 0.2) is 0 Å². The van der Waals surface area contributed by atoms with Crippen molar-refractivity contribution in [1.82, 2.24) is 5.32 Å². The van der Waals surface area contributed by atoms with Gasteiger partial charge >= 0.3 is 0 Å². The predicted octanol–water partition coefficient (Wildman–Crippen LogP) is 1.96. The lowest BCUT2D eigenvalue weighted by Crippen LogP contribution is -2.29. The van der Waals surface area contributed by atoms with E-state index in [1.54, 1.807) is 0 Å². The highest BCUT2D eigenvalue weighted by molar-refractivity contribution is 4.66. The Bertz CT molecular complexity index is 136. The Morgan fingerprint density at radius 1 is 1.33 bits per heavy atom. The van der Waals surface area contributed by atoms with E-state index in [0.717, 1.165) is 32.9 Å². The number of hydrogen-bond acceptors (Lipinski definition) is 3. The third kappa shape index (κ3) is 6.88. The molecule has 1 N–H and O–H groups in total. The van der Waals surface area contributed by atoms with Crippen LogP contribution in [0.3, 0.4) is 0 Å². The van der Waals surface area contributed by atoms with Crippen LogP contribution in [-0.4, -0.2) is 39.0 Å². The van der Waals surface area contributed by atoms with E-state index in [-0.39, 0.29) is 0 Å². The number of hydrogen-bond donors (Lipinski definition) is 1. The van der Waals surface area contributed by atoms with Crippen LogP contribution in [0.2, 0.25) is 0 Å². The van der Waals surface area contributed by atoms with Crippen molar-refractivity contribution in [2.24, 2.45) is 0 Å². The molecule has 3 heteroatoms. The van der Waals surface area contributed by atoms with Gasteiger partial charge in [-0.15, -0.1) is 0 Å². The number of rotatable bonds is 9. The Labute approximate surface area is 93.5 Å². The number of ether oxygens (including phenoxy) is 2. The largest absolute Gasteiger partial charge is 0.380 e. The Morgan fingerprint density at radius 2 is 2.27 bits per heavy atom. The van der Waals surface area contributed by atoms with E-state index in [0.29, 0.717) is 6.10 Å². The summed E-state index contributed by atoms with van der Waals surface area (Å²) < 4.78 is 11.0. The Balaban J connectivity index is 1.73. The smallest absolute Gasteiger partial charge is 0.0700 e. The third-order valence-electron chi connectivity index (χ3n) is 2.71. The molecular formula is C12H25NO2. The fraction of sp³-hybridized carbons (Fsp3) is 1.00. The molecule has 90 valence electrons. The minimum atomic E-state index is 0.449. The van der Waals surface area contributed by atoms with Gasteiger partial charge in [0.1, 0.15) is 0 Å². The van der Waals surface area contributed by atoms with Gasteiger partial charge in [0.25, 0.3) is 0 Å². The highest BCUT2D eigenvalue weighted by Gasteiger charge is 2.13. The maximum Gasteiger partial charge on any atom is 0.0700 e. The highest BCUT2D eigenvalue weighted by atomic mass is 16.5. The van der Waals surface area contributed by atoms with E-state index in [1.165, 1.54) is 32.1 Å². The molecule has 1 fully saturated rings. The molecule has 0 spiro atoms. The lowest BCUT2D eigenvalue weighted by Gasteiger charge is -2.10. The van der Waals surface area contributed by atoms with Crippen molar-refractivity contribution in [1.29, 1.82) is 0 Å². The highest BCUT2D eigenvalue weighted by Crippen LogP contribution is 2.10. The summed E-state index contributed by atoms with van der Waals surface area (Å²) in [5.41, 5.74) is 0. The van der Waals surface area contributed by atoms with Crippen molar-refractivity contribution in [2.45, 2.75) is 45.1 Å². The van der Waals surface area contributed by atoms with Gasteiger partial charge in [-0.05, 0) is 19.3 Å². The molecule has 15 heavy (non-hydrogen) atoms. The molecule has 1 aliphatic heterocycles. The van der Waals surface area contributed by atoms with Crippen LogP contribution < -0.4 is 5.32 Å². The number of unbranched alkanes of at least 4 members (excludes halogenated alkanes) is 2. The molecule has 0 aliphatic carbocycles. The second-order valence-corrected chi connectivity index (χ2v) is 4.16. The second-order valence-electron chi connectivity index (χ2n) is 4.16. The zero-order chi connectivity index (χ0) is 10.8. The number of nitrogens with one attached hydrogen (secondary N) is 1. The van der Waals surface area contributed by atoms with E-state index in [2.05, 4.69) is 12.2 Å². The summed E-state index contributed by atoms with van der Waals surface area (Å²) >= 11 is 0. The molecule has 0 amide bonds. The Kier molecular flexibility index (Phi) is 7.88. The van der Waals surface area contributed by atoms with Gasteiger partial charge in [-0.25, -0.2) is 0 Å². The second kappa shape index (κ2) is 9.13. The standard InChI is InChI=1S/C12H25NO2/c1-2-3-4-8-14-10-7-13-11-12-6-5-9-15-12/h12-13H,2-11H2,1H3. The lowest BCUT2D eigenvalue weighted by atomic mass is 10.2. The molecule has 0 aromatic heterocycles. The maximum absolute atomic E-state index is 5.51. The molecular weight excluding hydrogens is 190 g/mol. The summed E-state index contributed by atoms with van der Waals surface area (Å²) in [5.74, 6) is 0. The predicted molar refractivity (Wildman–Crippen MR) is 62.2 cm³/mol. The first-order valence-corrected chi connectivity index (χ1v) is 6.33. The average molecular weight is 215 g/mol. The SMILES string of the molecule is CCCCCOCCNCC1CCCO1. The quantitative estimate of drug-likeness (QED) is 0.596. The van der Waals surface area contributed by atoms with Crippen LogP contribution in [0, 0.1) is 0 Å². The Hall–Kier alpha value is -0.120. The molecule has 0 bridgehead atoms. The summed E-state index contributed by atoms with van der Waals surface area (Å²) in [6, 6.07) is 0. The van der Waals surface area contributed by atoms with Crippen molar-refractivity contribution in [3.05, 3.63) is 0 Å². The fourth-order valence-corrected chi connectivity index (χ4v) is 1.77. The van der Waals surface area contributed by atoms with Crippen LogP contribution >= 0.6 is 0 Å². The first-order chi connectivity index (χ1) is 7.43. The van der Waals surface area contributed by atoms with Crippen molar-refractivity contribution in [3.8, 4) is 0 Å². The molecule has 0 aromatic carbocycles. The zero-order valence-corrected chi connectivity index (χ0v) is 9.96. The van der Waals surface area contributed by atoms with Gasteiger partial charge in [-0.3, -0.25) is 0 Å². The summed E-state index contributed by atoms with van der Waals surface area (Å²) in [5, 5.41) is 3.37. The summed E-state index contributed by atoms with van der Waals surface area (Å²) in [6.45, 7) is 6.83. The summed E-state index contributed by atoms with van der Waals surface area (Å²) in [7, 11) is 0. The van der Waals surface area contributed by atoms with Crippen molar-refractivity contribution in [2.75, 3.05) is 32.9 Å². The van der Waals surface area contributed by atoms with Crippen LogP contribution in [0.1, 0.15) is 39.0 Å². The van der Waals surface area contributed by atoms with Gasteiger partial charge in [0.05, 0.1) is 12.7 Å². The van der Waals surface area contributed by atoms with Gasteiger partial charge in [0, 0.05) is 26.3 Å². The van der Waals surface area contributed by atoms with Crippen molar-refractivity contribution < 1.29 is 9.47 Å². The molecule has 1 rings (SSSR count). The minimum absolute atomic E-state index is 0.449. The van der Waals surface area contributed by atoms with E-state index in [4.69, 9.17) is 9.47 Å². The fourth-order valence-electron chi connectivity index (χ4n) is 1.77. The molecule has 0 radical (unpaired) electrons. The molecule has 3 nitrogen and oxygen atoms in total. The molecule has 1 heterocycles. The lowest BCUT2D eigenvalue weighted by molar-refractivity contribution is 0.101. The molecule has 0 saturated carbocycles. The summed E-state index contributed by atoms with van der Waals surface area (Å²) in [4.78, 5) is 0. The van der Waals surface area contributed by atoms with Crippen LogP contribution in [0.25, 0.3) is 0 Å². The maximum atomic E-state index is 5.51. The normalized spacial score (nSPS) is 21.0. The third-order valence-corrected chi connectivity index (χ3v) is 2.71. The van der Waals surface area contributed by atoms with E-state index >= 15 is 0 Å². The minimum Gasteiger partial charge on any atom is -0.380 e. The average Bonchev–Trinajstić information content (AvgIpc) is 2.75. The molecule has 0 aromatic rings. The van der Waals surface area contributed by atoms with Crippen LogP contribution in [-0.2, 0) is 9.47 Å². The van der Waals surface area contributed by atoms with Crippen molar-refractivity contribution in [3.63, 3.8) is 0 Å². The van der Waals surface area contributed by atoms with E-state index in [1.807, 2.05) is 0 Å². The molecule has 1 saturated heterocycles. The van der Waals surface area contributed by atoms with Gasteiger partial charge in [0.2, 0.25) is 0 Å². The molecule has 1 atom stereocenters. The zero-order valence-electron chi connectivity index (χ0n) is 9.96. The van der Waals surface area contributed by atoms with Gasteiger partial charge in [-0.1, -0.05) is 19.8 Å². The van der Waals surface area contributed by atoms with E-state index in [9.17, 15) is 0 Å². The first-order valence-electron chi connectivity index (χ1n) is 6.33. The summed E-state index contributed by atoms with van der Waals surface area (Å²) in [6.07, 6.45) is 6.63. The Morgan fingerprint density at radius 3 is 3.00 bits per heavy atom. The molecule has 1 unspecified atom stereocenters. The monoisotopic (exact) mass is 215 g/mol. The first kappa shape index (κ1) is 12.9. The van der Waals surface area contributed by atoms with Gasteiger partial charge < -0.3 is 14.8 Å². The topological polar surface area (TPSA) is 30.5 Å². The van der Waals surface area contributed by atoms with Gasteiger partial charge in [-0.2, -0.15) is 0 Å². The van der Waals surface area contributed by atoms with Crippen molar-refractivity contribution >= 4 is 0 Å². The van der Waals surface area contributed by atoms with E-state index < -0.39 is 0 Å². The van der Waals surface area contributed by atoms with Crippen LogP contribution in [0.5, 0.6) is 0 Å². The van der Waals surface area contributed by atoms with Gasteiger partial charge in [0.15, 0.2) is 0 Å². The van der Waals surface area contributed by atoms with Crippen LogP contribution in [0.4, 0.5) is 0 Å². The molecule has 1 aliphatic rings.